The fourth-order valence-electron chi connectivity index (χ4n) is 7.21. The molecule has 0 N–H and O–H groups in total. The maximum absolute atomic E-state index is 14.3. The van der Waals surface area contributed by atoms with Gasteiger partial charge in [0.05, 0.1) is 5.54 Å². The summed E-state index contributed by atoms with van der Waals surface area (Å²) in [6.45, 7) is 0.732. The first-order chi connectivity index (χ1) is 17.4. The second-order valence-electron chi connectivity index (χ2n) is 10.8. The molecule has 1 aliphatic heterocycles. The second-order valence-corrected chi connectivity index (χ2v) is 10.8. The Bertz CT molecular complexity index is 1340. The zero-order valence-corrected chi connectivity index (χ0v) is 21.1. The first kappa shape index (κ1) is 23.2. The van der Waals surface area contributed by atoms with Gasteiger partial charge in [0.25, 0.3) is 5.91 Å². The Hall–Kier alpha value is -3.24. The summed E-state index contributed by atoms with van der Waals surface area (Å²) in [5, 5.41) is 0. The molecule has 0 unspecified atom stereocenters. The van der Waals surface area contributed by atoms with Crippen molar-refractivity contribution in [2.75, 3.05) is 20.6 Å². The van der Waals surface area contributed by atoms with E-state index in [1.165, 1.54) is 28.3 Å². The number of halogens is 1. The first-order valence-electron chi connectivity index (χ1n) is 13.1. The number of benzene rings is 3. The van der Waals surface area contributed by atoms with Crippen LogP contribution in [-0.2, 0) is 12.0 Å². The summed E-state index contributed by atoms with van der Waals surface area (Å²) in [6.07, 6.45) is 5.29. The number of fused-ring (bicyclic) bond motifs is 3. The molecule has 4 heteroatoms. The van der Waals surface area contributed by atoms with E-state index in [-0.39, 0.29) is 22.8 Å². The molecule has 3 nitrogen and oxygen atoms in total. The Kier molecular flexibility index (Phi) is 5.60. The quantitative estimate of drug-likeness (QED) is 0.430. The Balaban J connectivity index is 1.43. The van der Waals surface area contributed by atoms with E-state index in [0.717, 1.165) is 56.2 Å². The number of carbonyl (C=O) groups is 1. The lowest BCUT2D eigenvalue weighted by atomic mass is 9.63. The Morgan fingerprint density at radius 3 is 2.33 bits per heavy atom. The van der Waals surface area contributed by atoms with Crippen LogP contribution in [0.1, 0.15) is 59.2 Å². The third kappa shape index (κ3) is 3.46. The molecule has 184 valence electrons. The summed E-state index contributed by atoms with van der Waals surface area (Å²) in [6, 6.07) is 25.6. The summed E-state index contributed by atoms with van der Waals surface area (Å²) < 4.78 is 14.3. The van der Waals surface area contributed by atoms with Crippen LogP contribution in [0.5, 0.6) is 0 Å². The minimum atomic E-state index is -0.313. The lowest BCUT2D eigenvalue weighted by Gasteiger charge is -2.56. The molecule has 1 saturated carbocycles. The van der Waals surface area contributed by atoms with Crippen LogP contribution in [0.4, 0.5) is 4.39 Å². The van der Waals surface area contributed by atoms with Crippen LogP contribution >= 0.6 is 0 Å². The van der Waals surface area contributed by atoms with Gasteiger partial charge in [-0.05, 0) is 105 Å². The van der Waals surface area contributed by atoms with E-state index >= 15 is 0 Å². The van der Waals surface area contributed by atoms with Crippen molar-refractivity contribution < 1.29 is 9.18 Å². The molecule has 1 heterocycles. The predicted molar refractivity (Wildman–Crippen MR) is 142 cm³/mol. The Morgan fingerprint density at radius 2 is 1.61 bits per heavy atom. The van der Waals surface area contributed by atoms with E-state index < -0.39 is 0 Å². The van der Waals surface area contributed by atoms with Gasteiger partial charge in [0, 0.05) is 17.6 Å². The van der Waals surface area contributed by atoms with Gasteiger partial charge in [-0.2, -0.15) is 0 Å². The van der Waals surface area contributed by atoms with Crippen molar-refractivity contribution in [3.8, 4) is 0 Å². The van der Waals surface area contributed by atoms with Crippen LogP contribution in [0.3, 0.4) is 0 Å². The summed E-state index contributed by atoms with van der Waals surface area (Å²) >= 11 is 0. The third-order valence-electron chi connectivity index (χ3n) is 9.13. The highest BCUT2D eigenvalue weighted by molar-refractivity contribution is 5.96. The zero-order valence-electron chi connectivity index (χ0n) is 21.1. The van der Waals surface area contributed by atoms with Crippen LogP contribution in [0.2, 0.25) is 0 Å². The first-order valence-corrected chi connectivity index (χ1v) is 13.1. The molecule has 0 atom stereocenters. The monoisotopic (exact) mass is 480 g/mol. The summed E-state index contributed by atoms with van der Waals surface area (Å²) in [5.41, 5.74) is 6.86. The van der Waals surface area contributed by atoms with Crippen molar-refractivity contribution in [1.29, 1.82) is 0 Å². The SMILES string of the molecule is CN(C)C1(c2cccc(F)c2)CCC2(CC1)C1=C(CCN2C(=O)c2ccccc2)c2ccccc2C1. The van der Waals surface area contributed by atoms with Gasteiger partial charge in [0.1, 0.15) is 5.82 Å². The topological polar surface area (TPSA) is 23.6 Å². The number of rotatable bonds is 3. The van der Waals surface area contributed by atoms with Crippen LogP contribution in [0, 0.1) is 5.82 Å². The van der Waals surface area contributed by atoms with E-state index in [2.05, 4.69) is 54.2 Å². The average Bonchev–Trinajstić information content (AvgIpc) is 3.29. The van der Waals surface area contributed by atoms with Gasteiger partial charge in [-0.15, -0.1) is 0 Å². The van der Waals surface area contributed by atoms with E-state index in [1.54, 1.807) is 6.07 Å². The van der Waals surface area contributed by atoms with Gasteiger partial charge >= 0.3 is 0 Å². The predicted octanol–water partition coefficient (Wildman–Crippen LogP) is 6.45. The number of carbonyl (C=O) groups excluding carboxylic acids is 1. The Morgan fingerprint density at radius 1 is 0.889 bits per heavy atom. The molecule has 1 amide bonds. The van der Waals surface area contributed by atoms with E-state index in [9.17, 15) is 9.18 Å². The minimum absolute atomic E-state index is 0.126. The highest BCUT2D eigenvalue weighted by Gasteiger charge is 2.53. The molecule has 6 rings (SSSR count). The van der Waals surface area contributed by atoms with Gasteiger partial charge in [-0.1, -0.05) is 54.6 Å². The molecule has 36 heavy (non-hydrogen) atoms. The molecular weight excluding hydrogens is 447 g/mol. The van der Waals surface area contributed by atoms with Crippen LogP contribution in [0.15, 0.2) is 84.4 Å². The maximum atomic E-state index is 14.3. The van der Waals surface area contributed by atoms with Crippen LogP contribution < -0.4 is 0 Å². The smallest absolute Gasteiger partial charge is 0.254 e. The molecule has 3 aromatic rings. The van der Waals surface area contributed by atoms with Crippen molar-refractivity contribution in [3.63, 3.8) is 0 Å². The lowest BCUT2D eigenvalue weighted by Crippen LogP contribution is -2.60. The van der Waals surface area contributed by atoms with Gasteiger partial charge in [-0.3, -0.25) is 9.69 Å². The largest absolute Gasteiger partial charge is 0.329 e. The summed E-state index contributed by atoms with van der Waals surface area (Å²) in [4.78, 5) is 18.4. The van der Waals surface area contributed by atoms with Gasteiger partial charge in [0.15, 0.2) is 0 Å². The molecule has 0 radical (unpaired) electrons. The van der Waals surface area contributed by atoms with Gasteiger partial charge in [-0.25, -0.2) is 4.39 Å². The number of hydrogen-bond donors (Lipinski definition) is 0. The average molecular weight is 481 g/mol. The molecule has 1 fully saturated rings. The van der Waals surface area contributed by atoms with E-state index in [1.807, 2.05) is 36.4 Å². The number of hydrogen-bond acceptors (Lipinski definition) is 2. The van der Waals surface area contributed by atoms with E-state index in [4.69, 9.17) is 0 Å². The normalized spacial score (nSPS) is 25.3. The summed E-state index contributed by atoms with van der Waals surface area (Å²) in [5.74, 6) is -0.0648. The molecule has 2 aliphatic carbocycles. The minimum Gasteiger partial charge on any atom is -0.329 e. The molecule has 3 aliphatic rings. The second kappa shape index (κ2) is 8.70. The van der Waals surface area contributed by atoms with Crippen molar-refractivity contribution in [2.24, 2.45) is 0 Å². The number of amides is 1. The summed E-state index contributed by atoms with van der Waals surface area (Å²) in [7, 11) is 4.21. The van der Waals surface area contributed by atoms with Crippen molar-refractivity contribution in [1.82, 2.24) is 9.80 Å². The molecule has 0 aromatic heterocycles. The van der Waals surface area contributed by atoms with Gasteiger partial charge in [0.2, 0.25) is 0 Å². The molecule has 1 spiro atoms. The van der Waals surface area contributed by atoms with E-state index in [0.29, 0.717) is 0 Å². The third-order valence-corrected chi connectivity index (χ3v) is 9.13. The zero-order chi connectivity index (χ0) is 24.9. The Labute approximate surface area is 213 Å². The molecule has 0 saturated heterocycles. The highest BCUT2D eigenvalue weighted by atomic mass is 19.1. The van der Waals surface area contributed by atoms with Crippen LogP contribution in [-0.4, -0.2) is 41.9 Å². The van der Waals surface area contributed by atoms with Crippen molar-refractivity contribution in [2.45, 2.75) is 49.6 Å². The standard InChI is InChI=1S/C32H33FN2O/c1-34(2)31(25-12-8-13-26(33)22-25)16-18-32(19-17-31)29-21-24-11-6-7-14-27(24)28(29)15-20-35(32)30(36)23-9-4-3-5-10-23/h3-14,22H,15-21H2,1-2H3. The fourth-order valence-corrected chi connectivity index (χ4v) is 7.21. The van der Waals surface area contributed by atoms with Crippen LogP contribution in [0.25, 0.3) is 5.57 Å². The van der Waals surface area contributed by atoms with Crippen molar-refractivity contribution >= 4 is 11.5 Å². The maximum Gasteiger partial charge on any atom is 0.254 e. The van der Waals surface area contributed by atoms with Crippen molar-refractivity contribution in [3.05, 3.63) is 113 Å². The molecule has 0 bridgehead atoms. The molecule has 3 aromatic carbocycles. The highest BCUT2D eigenvalue weighted by Crippen LogP contribution is 2.55. The lowest BCUT2D eigenvalue weighted by molar-refractivity contribution is 0.00714. The number of nitrogens with zero attached hydrogens (tertiary/aromatic N) is 2. The molecular formula is C32H33FN2O. The fraction of sp³-hybridized carbons (Fsp3) is 0.344. The van der Waals surface area contributed by atoms with Gasteiger partial charge < -0.3 is 4.90 Å².